The summed E-state index contributed by atoms with van der Waals surface area (Å²) in [7, 11) is 0. The Hall–Kier alpha value is -1.07. The van der Waals surface area contributed by atoms with Gasteiger partial charge in [-0.3, -0.25) is 0 Å². The molecule has 16 heavy (non-hydrogen) atoms. The van der Waals surface area contributed by atoms with Gasteiger partial charge in [0.05, 0.1) is 0 Å². The summed E-state index contributed by atoms with van der Waals surface area (Å²) < 4.78 is 7.03. The van der Waals surface area contributed by atoms with Crippen molar-refractivity contribution < 1.29 is 14.6 Å². The van der Waals surface area contributed by atoms with Gasteiger partial charge in [-0.15, -0.1) is 12.4 Å². The van der Waals surface area contributed by atoms with Crippen molar-refractivity contribution >= 4 is 18.4 Å². The molecule has 0 unspecified atom stereocenters. The number of hydrogen-bond acceptors (Lipinski definition) is 3. The van der Waals surface area contributed by atoms with E-state index in [1.165, 1.54) is 0 Å². The lowest BCUT2D eigenvalue weighted by atomic mass is 10.4. The highest BCUT2D eigenvalue weighted by atomic mass is 35.5. The third kappa shape index (κ3) is 4.63. The van der Waals surface area contributed by atoms with E-state index >= 15 is 0 Å². The number of aryl methyl sites for hydroxylation is 2. The second-order valence-corrected chi connectivity index (χ2v) is 3.40. The molecule has 0 fully saturated rings. The molecule has 0 aliphatic rings. The number of aliphatic carboxylic acids is 1. The van der Waals surface area contributed by atoms with Gasteiger partial charge in [-0.1, -0.05) is 0 Å². The van der Waals surface area contributed by atoms with Gasteiger partial charge < -0.3 is 14.4 Å². The van der Waals surface area contributed by atoms with Crippen LogP contribution < -0.4 is 0 Å². The predicted molar refractivity (Wildman–Crippen MR) is 62.0 cm³/mol. The molecule has 1 aromatic heterocycles. The molecule has 0 saturated carbocycles. The largest absolute Gasteiger partial charge is 0.480 e. The summed E-state index contributed by atoms with van der Waals surface area (Å²) in [6.07, 6.45) is 2.62. The maximum atomic E-state index is 10.2. The first-order valence-corrected chi connectivity index (χ1v) is 4.89. The van der Waals surface area contributed by atoms with Crippen LogP contribution in [0.25, 0.3) is 0 Å². The minimum Gasteiger partial charge on any atom is -0.480 e. The highest BCUT2D eigenvalue weighted by Crippen LogP contribution is 2.03. The SMILES string of the molecule is Cc1cnc(C)n1CCCOCC(=O)O.Cl. The third-order valence-electron chi connectivity index (χ3n) is 2.15. The highest BCUT2D eigenvalue weighted by molar-refractivity contribution is 5.85. The van der Waals surface area contributed by atoms with E-state index in [-0.39, 0.29) is 19.0 Å². The molecule has 0 radical (unpaired) electrons. The molecule has 0 spiro atoms. The van der Waals surface area contributed by atoms with Crippen molar-refractivity contribution in [3.63, 3.8) is 0 Å². The maximum absolute atomic E-state index is 10.2. The van der Waals surface area contributed by atoms with Crippen LogP contribution in [0.4, 0.5) is 0 Å². The minimum atomic E-state index is -0.926. The van der Waals surface area contributed by atoms with Crippen LogP contribution in [0.1, 0.15) is 17.9 Å². The Bertz CT molecular complexity index is 319. The minimum absolute atomic E-state index is 0. The van der Waals surface area contributed by atoms with Crippen molar-refractivity contribution in [2.75, 3.05) is 13.2 Å². The molecule has 0 amide bonds. The van der Waals surface area contributed by atoms with Gasteiger partial charge in [-0.05, 0) is 20.3 Å². The summed E-state index contributed by atoms with van der Waals surface area (Å²) in [6, 6.07) is 0. The molecule has 1 rings (SSSR count). The van der Waals surface area contributed by atoms with Crippen LogP contribution in [0.2, 0.25) is 0 Å². The zero-order chi connectivity index (χ0) is 11.3. The van der Waals surface area contributed by atoms with Crippen LogP contribution in [-0.2, 0) is 16.1 Å². The number of hydrogen-bond donors (Lipinski definition) is 1. The molecule has 0 atom stereocenters. The van der Waals surface area contributed by atoms with Crippen molar-refractivity contribution in [3.05, 3.63) is 17.7 Å². The van der Waals surface area contributed by atoms with Gasteiger partial charge in [0.2, 0.25) is 0 Å². The lowest BCUT2D eigenvalue weighted by Gasteiger charge is -2.07. The molecule has 0 aromatic carbocycles. The Labute approximate surface area is 101 Å². The summed E-state index contributed by atoms with van der Waals surface area (Å²) in [5.74, 6) is 0.0516. The van der Waals surface area contributed by atoms with Gasteiger partial charge in [0.25, 0.3) is 0 Å². The summed E-state index contributed by atoms with van der Waals surface area (Å²) in [4.78, 5) is 14.3. The number of ether oxygens (including phenoxy) is 1. The molecule has 0 aliphatic heterocycles. The molecule has 0 bridgehead atoms. The van der Waals surface area contributed by atoms with E-state index in [1.54, 1.807) is 0 Å². The van der Waals surface area contributed by atoms with Gasteiger partial charge in [-0.25, -0.2) is 9.78 Å². The number of carboxylic acids is 1. The molecular formula is C10H17ClN2O3. The summed E-state index contributed by atoms with van der Waals surface area (Å²) in [5.41, 5.74) is 1.12. The quantitative estimate of drug-likeness (QED) is 0.774. The molecule has 1 aromatic rings. The smallest absolute Gasteiger partial charge is 0.329 e. The van der Waals surface area contributed by atoms with Crippen molar-refractivity contribution in [1.29, 1.82) is 0 Å². The highest BCUT2D eigenvalue weighted by Gasteiger charge is 2.02. The Morgan fingerprint density at radius 3 is 2.75 bits per heavy atom. The standard InChI is InChI=1S/C10H16N2O3.ClH/c1-8-6-11-9(2)12(8)4-3-5-15-7-10(13)14;/h6H,3-5,7H2,1-2H3,(H,13,14);1H. The topological polar surface area (TPSA) is 64.4 Å². The van der Waals surface area contributed by atoms with Crippen LogP contribution >= 0.6 is 12.4 Å². The van der Waals surface area contributed by atoms with Crippen LogP contribution in [0, 0.1) is 13.8 Å². The first-order valence-electron chi connectivity index (χ1n) is 4.89. The Morgan fingerprint density at radius 2 is 2.25 bits per heavy atom. The zero-order valence-electron chi connectivity index (χ0n) is 9.47. The van der Waals surface area contributed by atoms with Crippen LogP contribution in [0.15, 0.2) is 6.20 Å². The average molecular weight is 249 g/mol. The van der Waals surface area contributed by atoms with Crippen molar-refractivity contribution in [3.8, 4) is 0 Å². The fourth-order valence-corrected chi connectivity index (χ4v) is 1.40. The Kier molecular flexibility index (Phi) is 6.76. The van der Waals surface area contributed by atoms with Crippen LogP contribution in [-0.4, -0.2) is 33.8 Å². The van der Waals surface area contributed by atoms with Crippen LogP contribution in [0.3, 0.4) is 0 Å². The molecule has 1 N–H and O–H groups in total. The van der Waals surface area contributed by atoms with Crippen LogP contribution in [0.5, 0.6) is 0 Å². The van der Waals surface area contributed by atoms with Gasteiger partial charge in [0.15, 0.2) is 0 Å². The average Bonchev–Trinajstić information content (AvgIpc) is 2.47. The van der Waals surface area contributed by atoms with E-state index in [0.717, 1.165) is 24.5 Å². The fraction of sp³-hybridized carbons (Fsp3) is 0.600. The summed E-state index contributed by atoms with van der Waals surface area (Å²) >= 11 is 0. The monoisotopic (exact) mass is 248 g/mol. The summed E-state index contributed by atoms with van der Waals surface area (Å²) in [5, 5.41) is 8.34. The maximum Gasteiger partial charge on any atom is 0.329 e. The zero-order valence-corrected chi connectivity index (χ0v) is 10.3. The lowest BCUT2D eigenvalue weighted by Crippen LogP contribution is -2.10. The van der Waals surface area contributed by atoms with E-state index in [2.05, 4.69) is 9.55 Å². The lowest BCUT2D eigenvalue weighted by molar-refractivity contribution is -0.142. The fourth-order valence-electron chi connectivity index (χ4n) is 1.40. The van der Waals surface area contributed by atoms with Gasteiger partial charge in [0, 0.05) is 25.0 Å². The normalized spacial score (nSPS) is 9.88. The number of carbonyl (C=O) groups is 1. The number of halogens is 1. The summed E-state index contributed by atoms with van der Waals surface area (Å²) in [6.45, 7) is 5.01. The van der Waals surface area contributed by atoms with E-state index in [1.807, 2.05) is 20.0 Å². The Balaban J connectivity index is 0.00000225. The Morgan fingerprint density at radius 1 is 1.56 bits per heavy atom. The number of aromatic nitrogens is 2. The van der Waals surface area contributed by atoms with E-state index in [4.69, 9.17) is 9.84 Å². The number of imidazole rings is 1. The molecular weight excluding hydrogens is 232 g/mol. The van der Waals surface area contributed by atoms with Crippen molar-refractivity contribution in [2.45, 2.75) is 26.8 Å². The molecule has 0 saturated heterocycles. The number of rotatable bonds is 6. The molecule has 5 nitrogen and oxygen atoms in total. The molecule has 92 valence electrons. The van der Waals surface area contributed by atoms with Crippen molar-refractivity contribution in [2.24, 2.45) is 0 Å². The van der Waals surface area contributed by atoms with E-state index < -0.39 is 5.97 Å². The first-order chi connectivity index (χ1) is 7.11. The van der Waals surface area contributed by atoms with E-state index in [0.29, 0.717) is 6.61 Å². The molecule has 0 aliphatic carbocycles. The number of nitrogens with zero attached hydrogens (tertiary/aromatic N) is 2. The molecule has 6 heteroatoms. The third-order valence-corrected chi connectivity index (χ3v) is 2.15. The number of carboxylic acid groups (broad SMARTS) is 1. The van der Waals surface area contributed by atoms with Crippen molar-refractivity contribution in [1.82, 2.24) is 9.55 Å². The predicted octanol–water partition coefficient (Wildman–Crippen LogP) is 1.41. The van der Waals surface area contributed by atoms with Gasteiger partial charge in [0.1, 0.15) is 12.4 Å². The second-order valence-electron chi connectivity index (χ2n) is 3.40. The second kappa shape index (κ2) is 7.24. The van der Waals surface area contributed by atoms with E-state index in [9.17, 15) is 4.79 Å². The first kappa shape index (κ1) is 14.9. The van der Waals surface area contributed by atoms with Gasteiger partial charge >= 0.3 is 5.97 Å². The molecule has 1 heterocycles. The van der Waals surface area contributed by atoms with Gasteiger partial charge in [-0.2, -0.15) is 0 Å².